The summed E-state index contributed by atoms with van der Waals surface area (Å²) in [6.07, 6.45) is 5.64. The maximum atomic E-state index is 8.85. The molecular weight excluding hydrogens is 262 g/mol. The average molecular weight is 278 g/mol. The van der Waals surface area contributed by atoms with E-state index < -0.39 is 0 Å². The van der Waals surface area contributed by atoms with Crippen LogP contribution in [0.4, 0.5) is 0 Å². The number of rotatable bonds is 2. The summed E-state index contributed by atoms with van der Waals surface area (Å²) in [5.41, 5.74) is 0.565. The molecule has 1 aliphatic heterocycles. The molecule has 1 unspecified atom stereocenters. The second-order valence-electron chi connectivity index (χ2n) is 5.37. The van der Waals surface area contributed by atoms with Gasteiger partial charge in [0.2, 0.25) is 0 Å². The van der Waals surface area contributed by atoms with Gasteiger partial charge in [-0.05, 0) is 31.4 Å². The highest BCUT2D eigenvalue weighted by Gasteiger charge is 2.43. The Balaban J connectivity index is 1.68. The molecule has 1 aliphatic carbocycles. The van der Waals surface area contributed by atoms with Gasteiger partial charge in [0, 0.05) is 18.9 Å². The van der Waals surface area contributed by atoms with Crippen LogP contribution in [0.15, 0.2) is 18.2 Å². The van der Waals surface area contributed by atoms with Gasteiger partial charge < -0.3 is 9.47 Å². The first-order chi connectivity index (χ1) is 9.21. The summed E-state index contributed by atoms with van der Waals surface area (Å²) < 4.78 is 11.9. The van der Waals surface area contributed by atoms with Crippen molar-refractivity contribution in [3.63, 3.8) is 0 Å². The second kappa shape index (κ2) is 5.03. The van der Waals surface area contributed by atoms with E-state index in [1.54, 1.807) is 12.1 Å². The zero-order valence-electron chi connectivity index (χ0n) is 10.7. The lowest BCUT2D eigenvalue weighted by atomic mass is 9.74. The quantitative estimate of drug-likeness (QED) is 0.828. The normalized spacial score (nSPS) is 24.5. The monoisotopic (exact) mass is 277 g/mol. The zero-order valence-corrected chi connectivity index (χ0v) is 11.4. The fourth-order valence-corrected chi connectivity index (χ4v) is 3.07. The summed E-state index contributed by atoms with van der Waals surface area (Å²) in [6, 6.07) is 7.29. The van der Waals surface area contributed by atoms with Crippen LogP contribution in [0.25, 0.3) is 0 Å². The van der Waals surface area contributed by atoms with Gasteiger partial charge in [-0.3, -0.25) is 0 Å². The Morgan fingerprint density at radius 2 is 2.26 bits per heavy atom. The van der Waals surface area contributed by atoms with Crippen molar-refractivity contribution in [1.82, 2.24) is 0 Å². The fourth-order valence-electron chi connectivity index (χ4n) is 2.86. The van der Waals surface area contributed by atoms with Gasteiger partial charge in [-0.2, -0.15) is 5.26 Å². The number of hydrogen-bond donors (Lipinski definition) is 0. The van der Waals surface area contributed by atoms with Gasteiger partial charge in [0.25, 0.3) is 0 Å². The van der Waals surface area contributed by atoms with E-state index in [9.17, 15) is 0 Å². The molecule has 3 nitrogen and oxygen atoms in total. The van der Waals surface area contributed by atoms with Crippen molar-refractivity contribution < 1.29 is 9.47 Å². The standard InChI is InChI=1S/C15H16ClNO2/c16-14-8-12(3-2-11(14)10-17)19-13-4-7-18-15(9-13)5-1-6-15/h2-3,8,13H,1,4-7,9H2. The molecule has 1 heterocycles. The molecule has 4 heteroatoms. The molecule has 0 radical (unpaired) electrons. The zero-order chi connectivity index (χ0) is 13.3. The van der Waals surface area contributed by atoms with E-state index in [1.165, 1.54) is 6.42 Å². The summed E-state index contributed by atoms with van der Waals surface area (Å²) in [4.78, 5) is 0. The molecule has 19 heavy (non-hydrogen) atoms. The van der Waals surface area contributed by atoms with Crippen LogP contribution in [0.2, 0.25) is 5.02 Å². The van der Waals surface area contributed by atoms with E-state index in [2.05, 4.69) is 0 Å². The highest BCUT2D eigenvalue weighted by atomic mass is 35.5. The molecule has 1 aromatic rings. The summed E-state index contributed by atoms with van der Waals surface area (Å²) in [5.74, 6) is 0.741. The van der Waals surface area contributed by atoms with Crippen molar-refractivity contribution in [2.75, 3.05) is 6.61 Å². The lowest BCUT2D eigenvalue weighted by Gasteiger charge is -2.46. The van der Waals surface area contributed by atoms with Crippen LogP contribution in [0.3, 0.4) is 0 Å². The first-order valence-corrected chi connectivity index (χ1v) is 7.09. The number of nitrogens with zero attached hydrogens (tertiary/aromatic N) is 1. The van der Waals surface area contributed by atoms with Crippen LogP contribution in [0, 0.1) is 11.3 Å². The predicted octanol–water partition coefficient (Wildman–Crippen LogP) is 3.69. The molecule has 0 bridgehead atoms. The summed E-state index contributed by atoms with van der Waals surface area (Å²) in [6.45, 7) is 0.772. The van der Waals surface area contributed by atoms with Crippen LogP contribution in [0.5, 0.6) is 5.75 Å². The van der Waals surface area contributed by atoms with E-state index in [-0.39, 0.29) is 11.7 Å². The molecule has 0 amide bonds. The minimum absolute atomic E-state index is 0.0826. The Hall–Kier alpha value is -1.24. The fraction of sp³-hybridized carbons (Fsp3) is 0.533. The molecule has 0 N–H and O–H groups in total. The van der Waals surface area contributed by atoms with E-state index in [1.807, 2.05) is 12.1 Å². The summed E-state index contributed by atoms with van der Waals surface area (Å²) in [5, 5.41) is 9.30. The Morgan fingerprint density at radius 3 is 2.89 bits per heavy atom. The molecule has 100 valence electrons. The first kappa shape index (κ1) is 12.8. The maximum Gasteiger partial charge on any atom is 0.121 e. The van der Waals surface area contributed by atoms with Crippen molar-refractivity contribution in [3.8, 4) is 11.8 Å². The second-order valence-corrected chi connectivity index (χ2v) is 5.78. The molecule has 2 fully saturated rings. The third-order valence-corrected chi connectivity index (χ3v) is 4.39. The molecule has 1 atom stereocenters. The molecule has 1 saturated heterocycles. The van der Waals surface area contributed by atoms with Crippen LogP contribution in [0.1, 0.15) is 37.7 Å². The van der Waals surface area contributed by atoms with Crippen molar-refractivity contribution in [1.29, 1.82) is 5.26 Å². The van der Waals surface area contributed by atoms with Gasteiger partial charge in [-0.25, -0.2) is 0 Å². The van der Waals surface area contributed by atoms with E-state index >= 15 is 0 Å². The number of ether oxygens (including phenoxy) is 2. The third kappa shape index (κ3) is 2.56. The van der Waals surface area contributed by atoms with Crippen LogP contribution in [-0.2, 0) is 4.74 Å². The summed E-state index contributed by atoms with van der Waals surface area (Å²) in [7, 11) is 0. The van der Waals surface area contributed by atoms with Gasteiger partial charge >= 0.3 is 0 Å². The Morgan fingerprint density at radius 1 is 1.42 bits per heavy atom. The van der Waals surface area contributed by atoms with E-state index in [0.29, 0.717) is 10.6 Å². The first-order valence-electron chi connectivity index (χ1n) is 6.71. The van der Waals surface area contributed by atoms with Gasteiger partial charge in [0.1, 0.15) is 17.9 Å². The highest BCUT2D eigenvalue weighted by molar-refractivity contribution is 6.31. The van der Waals surface area contributed by atoms with Gasteiger partial charge in [-0.1, -0.05) is 11.6 Å². The lowest BCUT2D eigenvalue weighted by Crippen LogP contribution is -2.48. The molecule has 2 aliphatic rings. The Kier molecular flexibility index (Phi) is 3.38. The van der Waals surface area contributed by atoms with Crippen LogP contribution in [-0.4, -0.2) is 18.3 Å². The molecule has 1 saturated carbocycles. The molecular formula is C15H16ClNO2. The SMILES string of the molecule is N#Cc1ccc(OC2CCOC3(CCC3)C2)cc1Cl. The van der Waals surface area contributed by atoms with Crippen molar-refractivity contribution in [2.45, 2.75) is 43.8 Å². The van der Waals surface area contributed by atoms with Gasteiger partial charge in [-0.15, -0.1) is 0 Å². The third-order valence-electron chi connectivity index (χ3n) is 4.08. The number of benzene rings is 1. The van der Waals surface area contributed by atoms with Crippen LogP contribution < -0.4 is 4.74 Å². The number of hydrogen-bond acceptors (Lipinski definition) is 3. The lowest BCUT2D eigenvalue weighted by molar-refractivity contribution is -0.153. The van der Waals surface area contributed by atoms with Gasteiger partial charge in [0.15, 0.2) is 0 Å². The van der Waals surface area contributed by atoms with Crippen molar-refractivity contribution in [2.24, 2.45) is 0 Å². The minimum Gasteiger partial charge on any atom is -0.490 e. The Labute approximate surface area is 118 Å². The highest BCUT2D eigenvalue weighted by Crippen LogP contribution is 2.43. The van der Waals surface area contributed by atoms with Gasteiger partial charge in [0.05, 0.1) is 22.8 Å². The molecule has 1 spiro atoms. The number of halogens is 1. The van der Waals surface area contributed by atoms with Crippen molar-refractivity contribution in [3.05, 3.63) is 28.8 Å². The van der Waals surface area contributed by atoms with Crippen molar-refractivity contribution >= 4 is 11.6 Å². The number of nitriles is 1. The largest absolute Gasteiger partial charge is 0.490 e. The smallest absolute Gasteiger partial charge is 0.121 e. The maximum absolute atomic E-state index is 8.85. The Bertz CT molecular complexity index is 519. The molecule has 1 aromatic carbocycles. The predicted molar refractivity (Wildman–Crippen MR) is 72.4 cm³/mol. The topological polar surface area (TPSA) is 42.2 Å². The molecule has 3 rings (SSSR count). The average Bonchev–Trinajstić information content (AvgIpc) is 2.37. The minimum atomic E-state index is 0.0826. The summed E-state index contributed by atoms with van der Waals surface area (Å²) >= 11 is 6.01. The van der Waals surface area contributed by atoms with E-state index in [0.717, 1.165) is 38.0 Å². The molecule has 0 aromatic heterocycles. The van der Waals surface area contributed by atoms with Crippen LogP contribution >= 0.6 is 11.6 Å². The van der Waals surface area contributed by atoms with E-state index in [4.69, 9.17) is 26.3 Å².